The van der Waals surface area contributed by atoms with Crippen LogP contribution in [0.25, 0.3) is 0 Å². The van der Waals surface area contributed by atoms with E-state index in [2.05, 4.69) is 24.5 Å². The summed E-state index contributed by atoms with van der Waals surface area (Å²) in [4.78, 5) is 12.6. The molecule has 4 nitrogen and oxygen atoms in total. The molecule has 1 heterocycles. The van der Waals surface area contributed by atoms with Crippen LogP contribution >= 0.6 is 0 Å². The summed E-state index contributed by atoms with van der Waals surface area (Å²) in [5.74, 6) is 0.553. The van der Waals surface area contributed by atoms with Gasteiger partial charge in [0.1, 0.15) is 0 Å². The summed E-state index contributed by atoms with van der Waals surface area (Å²) >= 11 is 0. The van der Waals surface area contributed by atoms with E-state index in [4.69, 9.17) is 0 Å². The molecule has 1 amide bonds. The maximum absolute atomic E-state index is 12.6. The average Bonchev–Trinajstić information content (AvgIpc) is 2.54. The highest BCUT2D eigenvalue weighted by Gasteiger charge is 2.39. The van der Waals surface area contributed by atoms with Gasteiger partial charge in [0.05, 0.1) is 6.61 Å². The Morgan fingerprint density at radius 1 is 1.29 bits per heavy atom. The molecular formula is C17H32N2O2. The second-order valence-electron chi connectivity index (χ2n) is 7.67. The van der Waals surface area contributed by atoms with Gasteiger partial charge < -0.3 is 15.7 Å². The third-order valence-corrected chi connectivity index (χ3v) is 5.78. The van der Waals surface area contributed by atoms with Gasteiger partial charge in [0.15, 0.2) is 0 Å². The molecule has 1 unspecified atom stereocenters. The third-order valence-electron chi connectivity index (χ3n) is 5.78. The molecule has 1 aliphatic heterocycles. The van der Waals surface area contributed by atoms with Crippen molar-refractivity contribution in [2.24, 2.45) is 16.7 Å². The number of carbonyl (C=O) groups excluding carboxylic acids is 1. The minimum atomic E-state index is -0.335. The number of amides is 1. The summed E-state index contributed by atoms with van der Waals surface area (Å²) in [7, 11) is 0. The summed E-state index contributed by atoms with van der Waals surface area (Å²) in [6.45, 7) is 6.96. The van der Waals surface area contributed by atoms with Crippen LogP contribution in [0, 0.1) is 16.7 Å². The molecule has 0 aromatic heterocycles. The lowest BCUT2D eigenvalue weighted by atomic mass is 9.72. The predicted molar refractivity (Wildman–Crippen MR) is 85.0 cm³/mol. The van der Waals surface area contributed by atoms with Crippen LogP contribution in [0.2, 0.25) is 0 Å². The van der Waals surface area contributed by atoms with Crippen molar-refractivity contribution in [1.29, 1.82) is 0 Å². The fourth-order valence-corrected chi connectivity index (χ4v) is 3.84. The van der Waals surface area contributed by atoms with E-state index in [1.165, 1.54) is 19.3 Å². The van der Waals surface area contributed by atoms with E-state index >= 15 is 0 Å². The Morgan fingerprint density at radius 2 is 2.00 bits per heavy atom. The van der Waals surface area contributed by atoms with Crippen molar-refractivity contribution in [3.05, 3.63) is 0 Å². The van der Waals surface area contributed by atoms with Gasteiger partial charge in [0, 0.05) is 17.4 Å². The van der Waals surface area contributed by atoms with Crippen molar-refractivity contribution in [3.8, 4) is 0 Å². The molecule has 21 heavy (non-hydrogen) atoms. The van der Waals surface area contributed by atoms with Crippen molar-refractivity contribution in [2.45, 2.75) is 58.8 Å². The smallest absolute Gasteiger partial charge is 0.226 e. The number of hydrogen-bond acceptors (Lipinski definition) is 3. The van der Waals surface area contributed by atoms with Crippen LogP contribution in [0.15, 0.2) is 0 Å². The number of carbonyl (C=O) groups is 1. The molecule has 0 aromatic rings. The lowest BCUT2D eigenvalue weighted by Crippen LogP contribution is -2.50. The minimum Gasteiger partial charge on any atom is -0.396 e. The first-order valence-electron chi connectivity index (χ1n) is 8.60. The Kier molecular flexibility index (Phi) is 5.67. The maximum Gasteiger partial charge on any atom is 0.226 e. The molecule has 1 aliphatic carbocycles. The number of aliphatic hydroxyl groups excluding tert-OH is 1. The first-order valence-corrected chi connectivity index (χ1v) is 8.60. The summed E-state index contributed by atoms with van der Waals surface area (Å²) in [5.41, 5.74) is -0.409. The lowest BCUT2D eigenvalue weighted by molar-refractivity contribution is -0.133. The molecule has 1 atom stereocenters. The van der Waals surface area contributed by atoms with Crippen LogP contribution in [0.4, 0.5) is 0 Å². The molecular weight excluding hydrogens is 264 g/mol. The van der Waals surface area contributed by atoms with E-state index in [1.807, 2.05) is 0 Å². The monoisotopic (exact) mass is 296 g/mol. The van der Waals surface area contributed by atoms with Crippen LogP contribution in [0.1, 0.15) is 58.8 Å². The van der Waals surface area contributed by atoms with Crippen molar-refractivity contribution in [1.82, 2.24) is 10.6 Å². The quantitative estimate of drug-likeness (QED) is 0.728. The summed E-state index contributed by atoms with van der Waals surface area (Å²) < 4.78 is 0. The molecule has 1 saturated heterocycles. The van der Waals surface area contributed by atoms with Gasteiger partial charge >= 0.3 is 0 Å². The fraction of sp³-hybridized carbons (Fsp3) is 0.941. The van der Waals surface area contributed by atoms with Gasteiger partial charge in [-0.15, -0.1) is 0 Å². The predicted octanol–water partition coefficient (Wildman–Crippen LogP) is 2.07. The number of piperidine rings is 1. The summed E-state index contributed by atoms with van der Waals surface area (Å²) in [5, 5.41) is 16.3. The normalized spacial score (nSPS) is 26.3. The summed E-state index contributed by atoms with van der Waals surface area (Å²) in [6.07, 6.45) is 7.96. The molecule has 2 aliphatic rings. The van der Waals surface area contributed by atoms with E-state index < -0.39 is 0 Å². The molecule has 0 spiro atoms. The molecule has 2 fully saturated rings. The largest absolute Gasteiger partial charge is 0.396 e. The zero-order valence-electron chi connectivity index (χ0n) is 13.7. The van der Waals surface area contributed by atoms with Crippen LogP contribution in [0.5, 0.6) is 0 Å². The first-order chi connectivity index (χ1) is 10.0. The van der Waals surface area contributed by atoms with E-state index in [9.17, 15) is 9.90 Å². The van der Waals surface area contributed by atoms with E-state index in [-0.39, 0.29) is 23.3 Å². The molecule has 1 saturated carbocycles. The Labute approximate surface area is 129 Å². The summed E-state index contributed by atoms with van der Waals surface area (Å²) in [6, 6.07) is 0. The maximum atomic E-state index is 12.6. The minimum absolute atomic E-state index is 0.0746. The highest BCUT2D eigenvalue weighted by atomic mass is 16.3. The zero-order chi connectivity index (χ0) is 15.3. The molecule has 122 valence electrons. The molecule has 3 N–H and O–H groups in total. The molecule has 0 aromatic carbocycles. The van der Waals surface area contributed by atoms with E-state index in [0.717, 1.165) is 38.8 Å². The van der Waals surface area contributed by atoms with Crippen molar-refractivity contribution in [3.63, 3.8) is 0 Å². The SMILES string of the molecule is CC(C)(C(=O)NCC1(CO)CCCCC1)C1CCCNC1. The average molecular weight is 296 g/mol. The second kappa shape index (κ2) is 7.10. The topological polar surface area (TPSA) is 61.4 Å². The van der Waals surface area contributed by atoms with Gasteiger partial charge in [-0.2, -0.15) is 0 Å². The Bertz CT molecular complexity index is 343. The first kappa shape index (κ1) is 16.8. The van der Waals surface area contributed by atoms with Crippen LogP contribution in [0.3, 0.4) is 0 Å². The van der Waals surface area contributed by atoms with Gasteiger partial charge in [-0.3, -0.25) is 4.79 Å². The van der Waals surface area contributed by atoms with Crippen LogP contribution in [-0.2, 0) is 4.79 Å². The van der Waals surface area contributed by atoms with Crippen molar-refractivity contribution >= 4 is 5.91 Å². The lowest BCUT2D eigenvalue weighted by Gasteiger charge is -2.39. The number of hydrogen-bond donors (Lipinski definition) is 3. The van der Waals surface area contributed by atoms with Gasteiger partial charge in [-0.25, -0.2) is 0 Å². The van der Waals surface area contributed by atoms with Crippen LogP contribution in [-0.4, -0.2) is 37.3 Å². The third kappa shape index (κ3) is 3.98. The Morgan fingerprint density at radius 3 is 2.57 bits per heavy atom. The van der Waals surface area contributed by atoms with Gasteiger partial charge in [-0.1, -0.05) is 33.1 Å². The number of nitrogens with one attached hydrogen (secondary N) is 2. The molecule has 2 rings (SSSR count). The van der Waals surface area contributed by atoms with Gasteiger partial charge in [0.2, 0.25) is 5.91 Å². The second-order valence-corrected chi connectivity index (χ2v) is 7.67. The van der Waals surface area contributed by atoms with Crippen molar-refractivity contribution < 1.29 is 9.90 Å². The van der Waals surface area contributed by atoms with Crippen molar-refractivity contribution in [2.75, 3.05) is 26.2 Å². The highest BCUT2D eigenvalue weighted by molar-refractivity contribution is 5.82. The number of aliphatic hydroxyl groups is 1. The zero-order valence-corrected chi connectivity index (χ0v) is 13.7. The fourth-order valence-electron chi connectivity index (χ4n) is 3.84. The van der Waals surface area contributed by atoms with Crippen LogP contribution < -0.4 is 10.6 Å². The highest BCUT2D eigenvalue weighted by Crippen LogP contribution is 2.36. The Hall–Kier alpha value is -0.610. The Balaban J connectivity index is 1.90. The van der Waals surface area contributed by atoms with Gasteiger partial charge in [0.25, 0.3) is 0 Å². The molecule has 4 heteroatoms. The number of rotatable bonds is 5. The van der Waals surface area contributed by atoms with Gasteiger partial charge in [-0.05, 0) is 44.7 Å². The molecule has 0 bridgehead atoms. The molecule has 0 radical (unpaired) electrons. The standard InChI is InChI=1S/C17H32N2O2/c1-16(2,14-7-6-10-18-11-14)15(21)19-12-17(13-20)8-4-3-5-9-17/h14,18,20H,3-13H2,1-2H3,(H,19,21). The van der Waals surface area contributed by atoms with E-state index in [1.54, 1.807) is 0 Å². The van der Waals surface area contributed by atoms with E-state index in [0.29, 0.717) is 12.5 Å².